The molecule has 0 fully saturated rings. The number of aromatic hydroxyl groups is 1. The molecule has 0 unspecified atom stereocenters. The molecule has 0 radical (unpaired) electrons. The zero-order valence-electron chi connectivity index (χ0n) is 5.23. The van der Waals surface area contributed by atoms with Crippen LogP contribution in [0.4, 0.5) is 4.39 Å². The van der Waals surface area contributed by atoms with E-state index in [4.69, 9.17) is 5.11 Å². The zero-order valence-corrected chi connectivity index (χ0v) is 7.39. The predicted octanol–water partition coefficient (Wildman–Crippen LogP) is 1.84. The quantitative estimate of drug-likeness (QED) is 0.715. The van der Waals surface area contributed by atoms with Crippen molar-refractivity contribution in [1.29, 1.82) is 0 Å². The smallest absolute Gasteiger partial charge is 0.225 e. The SMILES string of the molecule is Cc1c(F)cnc(O)c1I. The van der Waals surface area contributed by atoms with E-state index in [-0.39, 0.29) is 11.7 Å². The molecule has 0 saturated carbocycles. The average molecular weight is 253 g/mol. The first-order chi connectivity index (χ1) is 4.63. The molecule has 0 aliphatic rings. The Hall–Kier alpha value is -0.390. The maximum atomic E-state index is 12.6. The molecule has 0 saturated heterocycles. The number of pyridine rings is 1. The van der Waals surface area contributed by atoms with Crippen molar-refractivity contribution in [3.05, 3.63) is 21.1 Å². The fraction of sp³-hybridized carbons (Fsp3) is 0.167. The second-order valence-electron chi connectivity index (χ2n) is 1.87. The molecule has 4 heteroatoms. The Morgan fingerprint density at radius 1 is 1.70 bits per heavy atom. The third-order valence-corrected chi connectivity index (χ3v) is 2.48. The molecular formula is C6H5FINO. The lowest BCUT2D eigenvalue weighted by molar-refractivity contribution is 0.444. The van der Waals surface area contributed by atoms with E-state index >= 15 is 0 Å². The lowest BCUT2D eigenvalue weighted by Crippen LogP contribution is -1.89. The van der Waals surface area contributed by atoms with Gasteiger partial charge < -0.3 is 5.11 Å². The largest absolute Gasteiger partial charge is 0.493 e. The Labute approximate surface area is 71.2 Å². The highest BCUT2D eigenvalue weighted by Gasteiger charge is 2.06. The summed E-state index contributed by atoms with van der Waals surface area (Å²) in [5.41, 5.74) is 0.438. The van der Waals surface area contributed by atoms with Crippen LogP contribution in [0.3, 0.4) is 0 Å². The molecule has 1 N–H and O–H groups in total. The van der Waals surface area contributed by atoms with Gasteiger partial charge in [0.25, 0.3) is 0 Å². The van der Waals surface area contributed by atoms with Gasteiger partial charge >= 0.3 is 0 Å². The minimum atomic E-state index is -0.387. The van der Waals surface area contributed by atoms with Crippen LogP contribution in [0.15, 0.2) is 6.20 Å². The van der Waals surface area contributed by atoms with Crippen molar-refractivity contribution in [1.82, 2.24) is 4.98 Å². The molecule has 0 bridgehead atoms. The van der Waals surface area contributed by atoms with Crippen molar-refractivity contribution in [3.63, 3.8) is 0 Å². The molecule has 0 aliphatic carbocycles. The summed E-state index contributed by atoms with van der Waals surface area (Å²) in [5, 5.41) is 8.94. The first-order valence-corrected chi connectivity index (χ1v) is 3.70. The third kappa shape index (κ3) is 1.21. The van der Waals surface area contributed by atoms with Gasteiger partial charge in [-0.3, -0.25) is 0 Å². The molecule has 1 rings (SSSR count). The standard InChI is InChI=1S/C6H5FINO/c1-3-4(7)2-9-6(10)5(3)8/h2H,1H3,(H,9,10). The van der Waals surface area contributed by atoms with Gasteiger partial charge in [0.2, 0.25) is 5.88 Å². The van der Waals surface area contributed by atoms with Crippen molar-refractivity contribution < 1.29 is 9.50 Å². The van der Waals surface area contributed by atoms with Gasteiger partial charge in [-0.1, -0.05) is 0 Å². The van der Waals surface area contributed by atoms with E-state index in [0.29, 0.717) is 9.13 Å². The van der Waals surface area contributed by atoms with Crippen molar-refractivity contribution in [3.8, 4) is 5.88 Å². The van der Waals surface area contributed by atoms with Crippen LogP contribution in [-0.4, -0.2) is 10.1 Å². The predicted molar refractivity (Wildman–Crippen MR) is 43.3 cm³/mol. The summed E-state index contributed by atoms with van der Waals surface area (Å²) in [6.07, 6.45) is 1.01. The summed E-state index contributed by atoms with van der Waals surface area (Å²) in [6.45, 7) is 1.60. The lowest BCUT2D eigenvalue weighted by Gasteiger charge is -1.99. The van der Waals surface area contributed by atoms with Gasteiger partial charge in [-0.25, -0.2) is 9.37 Å². The van der Waals surface area contributed by atoms with E-state index in [9.17, 15) is 4.39 Å². The first-order valence-electron chi connectivity index (χ1n) is 2.62. The summed E-state index contributed by atoms with van der Waals surface area (Å²) in [7, 11) is 0. The van der Waals surface area contributed by atoms with E-state index in [0.717, 1.165) is 6.20 Å². The molecule has 0 atom stereocenters. The molecule has 1 aromatic rings. The second-order valence-corrected chi connectivity index (χ2v) is 2.95. The fourth-order valence-electron chi connectivity index (χ4n) is 0.544. The minimum absolute atomic E-state index is 0.112. The Balaban J connectivity index is 3.34. The molecule has 1 aromatic heterocycles. The van der Waals surface area contributed by atoms with Gasteiger partial charge in [0.15, 0.2) is 0 Å². The Bertz CT molecular complexity index is 237. The molecule has 0 aliphatic heterocycles. The summed E-state index contributed by atoms with van der Waals surface area (Å²) in [5.74, 6) is -0.498. The van der Waals surface area contributed by atoms with Gasteiger partial charge in [-0.15, -0.1) is 0 Å². The number of aromatic nitrogens is 1. The highest BCUT2D eigenvalue weighted by atomic mass is 127. The maximum absolute atomic E-state index is 12.6. The monoisotopic (exact) mass is 253 g/mol. The number of nitrogens with zero attached hydrogens (tertiary/aromatic N) is 1. The topological polar surface area (TPSA) is 33.1 Å². The molecule has 10 heavy (non-hydrogen) atoms. The molecule has 0 amide bonds. The van der Waals surface area contributed by atoms with Crippen LogP contribution in [-0.2, 0) is 0 Å². The van der Waals surface area contributed by atoms with Gasteiger partial charge in [-0.05, 0) is 29.5 Å². The van der Waals surface area contributed by atoms with Crippen molar-refractivity contribution in [2.45, 2.75) is 6.92 Å². The van der Waals surface area contributed by atoms with Crippen LogP contribution < -0.4 is 0 Å². The zero-order chi connectivity index (χ0) is 7.72. The second kappa shape index (κ2) is 2.69. The summed E-state index contributed by atoms with van der Waals surface area (Å²) >= 11 is 1.84. The van der Waals surface area contributed by atoms with Gasteiger partial charge in [-0.2, -0.15) is 0 Å². The van der Waals surface area contributed by atoms with Crippen LogP contribution in [0.25, 0.3) is 0 Å². The van der Waals surface area contributed by atoms with Crippen molar-refractivity contribution >= 4 is 22.6 Å². The summed E-state index contributed by atoms with van der Waals surface area (Å²) in [4.78, 5) is 3.41. The summed E-state index contributed by atoms with van der Waals surface area (Å²) in [6, 6.07) is 0. The van der Waals surface area contributed by atoms with Crippen LogP contribution in [0, 0.1) is 16.3 Å². The minimum Gasteiger partial charge on any atom is -0.493 e. The van der Waals surface area contributed by atoms with E-state index < -0.39 is 0 Å². The van der Waals surface area contributed by atoms with E-state index in [1.807, 2.05) is 22.6 Å². The molecule has 0 spiro atoms. The maximum Gasteiger partial charge on any atom is 0.225 e. The molecule has 54 valence electrons. The van der Waals surface area contributed by atoms with Crippen LogP contribution in [0.1, 0.15) is 5.56 Å². The highest BCUT2D eigenvalue weighted by molar-refractivity contribution is 14.1. The Morgan fingerprint density at radius 2 is 2.30 bits per heavy atom. The molecule has 1 heterocycles. The first kappa shape index (κ1) is 7.71. The van der Waals surface area contributed by atoms with Gasteiger partial charge in [0.1, 0.15) is 5.82 Å². The van der Waals surface area contributed by atoms with Crippen molar-refractivity contribution in [2.75, 3.05) is 0 Å². The van der Waals surface area contributed by atoms with Crippen LogP contribution in [0.2, 0.25) is 0 Å². The molecular weight excluding hydrogens is 248 g/mol. The van der Waals surface area contributed by atoms with Gasteiger partial charge in [0, 0.05) is 5.56 Å². The lowest BCUT2D eigenvalue weighted by atomic mass is 10.3. The molecule has 0 aromatic carbocycles. The number of hydrogen-bond donors (Lipinski definition) is 1. The molecule has 2 nitrogen and oxygen atoms in total. The van der Waals surface area contributed by atoms with Crippen LogP contribution in [0.5, 0.6) is 5.88 Å². The fourth-order valence-corrected chi connectivity index (χ4v) is 0.941. The van der Waals surface area contributed by atoms with Crippen molar-refractivity contribution in [2.24, 2.45) is 0 Å². The number of rotatable bonds is 0. The normalized spacial score (nSPS) is 9.90. The number of halogens is 2. The van der Waals surface area contributed by atoms with Crippen LogP contribution >= 0.6 is 22.6 Å². The Kier molecular flexibility index (Phi) is 2.08. The third-order valence-electron chi connectivity index (χ3n) is 1.18. The van der Waals surface area contributed by atoms with E-state index in [2.05, 4.69) is 4.98 Å². The Morgan fingerprint density at radius 3 is 2.80 bits per heavy atom. The average Bonchev–Trinajstić information content (AvgIpc) is 1.93. The van der Waals surface area contributed by atoms with E-state index in [1.54, 1.807) is 6.92 Å². The highest BCUT2D eigenvalue weighted by Crippen LogP contribution is 2.21. The van der Waals surface area contributed by atoms with Gasteiger partial charge in [0.05, 0.1) is 9.77 Å². The van der Waals surface area contributed by atoms with E-state index in [1.165, 1.54) is 0 Å². The summed E-state index contributed by atoms with van der Waals surface area (Å²) < 4.78 is 13.1. The number of hydrogen-bond acceptors (Lipinski definition) is 2.